The second-order valence-corrected chi connectivity index (χ2v) is 19.0. The summed E-state index contributed by atoms with van der Waals surface area (Å²) in [6.07, 6.45) is 26.3. The minimum Gasteiger partial charge on any atom is -0.492 e. The molecule has 2 aliphatic heterocycles. The summed E-state index contributed by atoms with van der Waals surface area (Å²) in [5, 5.41) is 7.51. The zero-order chi connectivity index (χ0) is 38.2. The molecule has 5 rings (SSSR count). The van der Waals surface area contributed by atoms with Gasteiger partial charge in [-0.05, 0) is 87.0 Å². The van der Waals surface area contributed by atoms with Crippen LogP contribution in [0.3, 0.4) is 0 Å². The smallest absolute Gasteiger partial charge is 0.238 e. The molecular formula is C45H70ClN3O4S. The van der Waals surface area contributed by atoms with Gasteiger partial charge >= 0.3 is 0 Å². The molecule has 0 radical (unpaired) electrons. The summed E-state index contributed by atoms with van der Waals surface area (Å²) < 4.78 is 32.7. The number of fused-ring (bicyclic) bond motifs is 2. The van der Waals surface area contributed by atoms with Crippen LogP contribution < -0.4 is 15.4 Å². The Hall–Kier alpha value is -2.13. The monoisotopic (exact) mass is 783 g/mol. The molecule has 1 saturated carbocycles. The molecule has 1 spiro atoms. The van der Waals surface area contributed by atoms with Crippen LogP contribution >= 0.6 is 11.6 Å². The van der Waals surface area contributed by atoms with Crippen LogP contribution in [0.1, 0.15) is 154 Å². The maximum Gasteiger partial charge on any atom is 0.238 e. The Morgan fingerprint density at radius 2 is 1.44 bits per heavy atom. The van der Waals surface area contributed by atoms with Crippen LogP contribution in [0.15, 0.2) is 52.3 Å². The van der Waals surface area contributed by atoms with Crippen molar-refractivity contribution in [1.82, 2.24) is 15.5 Å². The third-order valence-corrected chi connectivity index (χ3v) is 14.7. The maximum absolute atomic E-state index is 14.3. The van der Waals surface area contributed by atoms with E-state index in [1.165, 1.54) is 115 Å². The molecule has 2 N–H and O–H groups in total. The Labute approximate surface area is 333 Å². The van der Waals surface area contributed by atoms with Crippen molar-refractivity contribution in [3.05, 3.63) is 53.1 Å². The number of hydrogen-bond acceptors (Lipinski definition) is 6. The van der Waals surface area contributed by atoms with Crippen molar-refractivity contribution in [1.29, 1.82) is 0 Å². The number of carbonyl (C=O) groups excluding carboxylic acids is 1. The minimum atomic E-state index is -3.77. The Bertz CT molecular complexity index is 1520. The number of rotatable bonds is 19. The van der Waals surface area contributed by atoms with Gasteiger partial charge in [-0.3, -0.25) is 4.79 Å². The van der Waals surface area contributed by atoms with E-state index >= 15 is 0 Å². The molecule has 1 amide bonds. The summed E-state index contributed by atoms with van der Waals surface area (Å²) in [6.45, 7) is 8.68. The lowest BCUT2D eigenvalue weighted by atomic mass is 9.63. The first kappa shape index (κ1) is 43.0. The number of unbranched alkanes of at least 4 members (excludes halogenated alkanes) is 9. The lowest BCUT2D eigenvalue weighted by Crippen LogP contribution is -2.51. The molecule has 0 aromatic heterocycles. The largest absolute Gasteiger partial charge is 0.492 e. The number of piperidine rings is 1. The number of likely N-dealkylation sites (tertiary alicyclic amines) is 1. The van der Waals surface area contributed by atoms with E-state index in [0.29, 0.717) is 30.9 Å². The number of sulfone groups is 1. The topological polar surface area (TPSA) is 87.7 Å². The normalized spacial score (nSPS) is 22.2. The second kappa shape index (κ2) is 22.0. The highest BCUT2D eigenvalue weighted by molar-refractivity contribution is 7.91. The SMILES string of the molecule is CCCCCCCCCCCN1CCC2NC(C(=O)NCc3ccc(S(=O)(=O)c4ccc(OCCCC)c(Cl)c4)cc3)C3(CCCCCCCCC3)C2C1. The highest BCUT2D eigenvalue weighted by Gasteiger charge is 2.57. The molecule has 7 nitrogen and oxygen atoms in total. The summed E-state index contributed by atoms with van der Waals surface area (Å²) in [7, 11) is -3.77. The molecule has 3 atom stereocenters. The van der Waals surface area contributed by atoms with Gasteiger partial charge in [0, 0.05) is 24.5 Å². The van der Waals surface area contributed by atoms with Crippen molar-refractivity contribution in [3.63, 3.8) is 0 Å². The zero-order valence-electron chi connectivity index (χ0n) is 33.5. The molecule has 302 valence electrons. The van der Waals surface area contributed by atoms with Crippen LogP contribution in [0.4, 0.5) is 0 Å². The van der Waals surface area contributed by atoms with Crippen LogP contribution in [0.25, 0.3) is 0 Å². The second-order valence-electron chi connectivity index (χ2n) is 16.6. The number of hydrogen-bond donors (Lipinski definition) is 2. The van der Waals surface area contributed by atoms with Crippen LogP contribution in [0, 0.1) is 11.3 Å². The third-order valence-electron chi connectivity index (χ3n) is 12.7. The van der Waals surface area contributed by atoms with E-state index in [9.17, 15) is 13.2 Å². The zero-order valence-corrected chi connectivity index (χ0v) is 35.1. The predicted octanol–water partition coefficient (Wildman–Crippen LogP) is 10.7. The van der Waals surface area contributed by atoms with E-state index in [4.69, 9.17) is 16.3 Å². The highest BCUT2D eigenvalue weighted by atomic mass is 35.5. The summed E-state index contributed by atoms with van der Waals surface area (Å²) in [6, 6.07) is 11.7. The number of benzene rings is 2. The molecule has 2 heterocycles. The van der Waals surface area contributed by atoms with Crippen LogP contribution in [-0.4, -0.2) is 57.5 Å². The first-order valence-corrected chi connectivity index (χ1v) is 23.7. The summed E-state index contributed by atoms with van der Waals surface area (Å²) in [4.78, 5) is 17.3. The van der Waals surface area contributed by atoms with E-state index in [2.05, 4.69) is 29.4 Å². The Balaban J connectivity index is 1.20. The number of amides is 1. The average Bonchev–Trinajstić information content (AvgIpc) is 3.49. The number of nitrogens with zero attached hydrogens (tertiary/aromatic N) is 1. The quantitative estimate of drug-likeness (QED) is 0.138. The van der Waals surface area contributed by atoms with E-state index in [1.54, 1.807) is 24.3 Å². The van der Waals surface area contributed by atoms with Gasteiger partial charge in [0.05, 0.1) is 27.5 Å². The lowest BCUT2D eigenvalue weighted by Gasteiger charge is -2.45. The molecule has 2 aromatic rings. The fourth-order valence-electron chi connectivity index (χ4n) is 9.46. The fourth-order valence-corrected chi connectivity index (χ4v) is 11.1. The molecule has 0 bridgehead atoms. The van der Waals surface area contributed by atoms with Crippen molar-refractivity contribution < 1.29 is 17.9 Å². The van der Waals surface area contributed by atoms with Crippen molar-refractivity contribution in [2.45, 2.75) is 177 Å². The van der Waals surface area contributed by atoms with Gasteiger partial charge < -0.3 is 20.3 Å². The van der Waals surface area contributed by atoms with Crippen molar-refractivity contribution in [3.8, 4) is 5.75 Å². The highest BCUT2D eigenvalue weighted by Crippen LogP contribution is 2.51. The van der Waals surface area contributed by atoms with Crippen LogP contribution in [0.2, 0.25) is 5.02 Å². The van der Waals surface area contributed by atoms with Crippen molar-refractivity contribution in [2.24, 2.45) is 11.3 Å². The van der Waals surface area contributed by atoms with Gasteiger partial charge in [0.15, 0.2) is 0 Å². The molecule has 9 heteroatoms. The van der Waals surface area contributed by atoms with Crippen LogP contribution in [0.5, 0.6) is 5.75 Å². The Morgan fingerprint density at radius 3 is 2.09 bits per heavy atom. The number of halogens is 1. The van der Waals surface area contributed by atoms with E-state index in [1.807, 2.05) is 12.1 Å². The number of carbonyl (C=O) groups is 1. The lowest BCUT2D eigenvalue weighted by molar-refractivity contribution is -0.126. The molecule has 2 aromatic carbocycles. The summed E-state index contributed by atoms with van der Waals surface area (Å²) in [5.41, 5.74) is 0.849. The van der Waals surface area contributed by atoms with Crippen molar-refractivity contribution >= 4 is 27.3 Å². The number of nitrogens with one attached hydrogen (secondary N) is 2. The molecule has 2 saturated heterocycles. The fraction of sp³-hybridized carbons (Fsp3) is 0.711. The summed E-state index contributed by atoms with van der Waals surface area (Å²) in [5.74, 6) is 1.08. The maximum atomic E-state index is 14.3. The molecular weight excluding hydrogens is 714 g/mol. The van der Waals surface area contributed by atoms with Crippen LogP contribution in [-0.2, 0) is 21.2 Å². The molecule has 3 aliphatic rings. The first-order valence-electron chi connectivity index (χ1n) is 21.8. The van der Waals surface area contributed by atoms with Gasteiger partial charge in [-0.15, -0.1) is 0 Å². The van der Waals surface area contributed by atoms with Gasteiger partial charge in [0.1, 0.15) is 5.75 Å². The predicted molar refractivity (Wildman–Crippen MR) is 222 cm³/mol. The molecule has 3 unspecified atom stereocenters. The summed E-state index contributed by atoms with van der Waals surface area (Å²) >= 11 is 6.40. The molecule has 54 heavy (non-hydrogen) atoms. The first-order chi connectivity index (χ1) is 26.3. The van der Waals surface area contributed by atoms with Gasteiger partial charge in [-0.25, -0.2) is 8.42 Å². The molecule has 3 fully saturated rings. The average molecular weight is 785 g/mol. The molecule has 1 aliphatic carbocycles. The van der Waals surface area contributed by atoms with Gasteiger partial charge in [-0.2, -0.15) is 0 Å². The minimum absolute atomic E-state index is 0.0287. The van der Waals surface area contributed by atoms with Crippen molar-refractivity contribution in [2.75, 3.05) is 26.2 Å². The van der Waals surface area contributed by atoms with Gasteiger partial charge in [-0.1, -0.05) is 140 Å². The van der Waals surface area contributed by atoms with Gasteiger partial charge in [0.25, 0.3) is 0 Å². The Morgan fingerprint density at radius 1 is 0.833 bits per heavy atom. The standard InChI is InChI=1S/C45H70ClN3O4S/c1-3-5-7-8-9-10-14-17-20-30-49-31-27-41-39(35-49)45(28-18-15-12-11-13-16-19-29-45)43(48-41)44(50)47-34-36-21-23-37(24-22-36)54(51,52)38-25-26-42(40(46)33-38)53-32-6-4-2/h21-26,33,39,41,43,48H,3-20,27-32,34-35H2,1-2H3,(H,47,50). The van der Waals surface area contributed by atoms with E-state index in [0.717, 1.165) is 50.8 Å². The third kappa shape index (κ3) is 11.7. The van der Waals surface area contributed by atoms with E-state index in [-0.39, 0.29) is 32.2 Å². The Kier molecular flexibility index (Phi) is 17.5. The number of ether oxygens (including phenoxy) is 1. The van der Waals surface area contributed by atoms with E-state index < -0.39 is 9.84 Å². The van der Waals surface area contributed by atoms with Gasteiger partial charge in [0.2, 0.25) is 15.7 Å².